The van der Waals surface area contributed by atoms with Crippen molar-refractivity contribution in [2.75, 3.05) is 25.1 Å². The highest BCUT2D eigenvalue weighted by molar-refractivity contribution is 6.05. The Kier molecular flexibility index (Phi) is 4.28. The lowest BCUT2D eigenvalue weighted by Crippen LogP contribution is -2.70. The number of nitrogens with zero attached hydrogens (tertiary/aromatic N) is 3. The molecule has 7 nitrogen and oxygen atoms in total. The van der Waals surface area contributed by atoms with Gasteiger partial charge in [-0.3, -0.25) is 4.90 Å². The Morgan fingerprint density at radius 2 is 1.82 bits per heavy atom. The molecule has 3 aliphatic rings. The summed E-state index contributed by atoms with van der Waals surface area (Å²) >= 11 is 0. The second-order valence-corrected chi connectivity index (χ2v) is 8.68. The van der Waals surface area contributed by atoms with Crippen molar-refractivity contribution >= 4 is 28.7 Å². The zero-order valence-electron chi connectivity index (χ0n) is 17.1. The van der Waals surface area contributed by atoms with Crippen LogP contribution in [0.5, 0.6) is 0 Å². The van der Waals surface area contributed by atoms with Crippen molar-refractivity contribution in [3.8, 4) is 0 Å². The van der Waals surface area contributed by atoms with Gasteiger partial charge in [-0.05, 0) is 45.4 Å². The number of amides is 1. The second-order valence-electron chi connectivity index (χ2n) is 8.68. The van der Waals surface area contributed by atoms with Gasteiger partial charge in [-0.1, -0.05) is 0 Å². The number of carbonyl (C=O) groups excluding carboxylic acids is 2. The van der Waals surface area contributed by atoms with E-state index >= 15 is 0 Å². The fraction of sp³-hybridized carbons (Fsp3) is 0.524. The normalized spacial score (nSPS) is 21.5. The lowest BCUT2D eigenvalue weighted by molar-refractivity contribution is -0.0379. The first kappa shape index (κ1) is 18.7. The number of piperidine rings is 1. The van der Waals surface area contributed by atoms with E-state index in [1.54, 1.807) is 6.20 Å². The Morgan fingerprint density at radius 3 is 2.43 bits per heavy atom. The molecule has 3 fully saturated rings. The zero-order chi connectivity index (χ0) is 20.2. The predicted molar refractivity (Wildman–Crippen MR) is 107 cm³/mol. The first-order valence-electron chi connectivity index (χ1n) is 9.61. The summed E-state index contributed by atoms with van der Waals surface area (Å²) in [7, 11) is 3.32. The number of hydrogen-bond donors (Lipinski definition) is 0. The molecule has 5 rings (SSSR count). The van der Waals surface area contributed by atoms with Gasteiger partial charge in [0.1, 0.15) is 5.60 Å². The van der Waals surface area contributed by atoms with Crippen LogP contribution < -0.4 is 4.90 Å². The number of esters is 1. The Bertz CT molecular complexity index is 931. The lowest BCUT2D eigenvalue weighted by Gasteiger charge is -2.56. The molecule has 2 bridgehead atoms. The van der Waals surface area contributed by atoms with Crippen molar-refractivity contribution in [2.24, 2.45) is 7.05 Å². The van der Waals surface area contributed by atoms with E-state index in [-0.39, 0.29) is 24.1 Å². The molecule has 28 heavy (non-hydrogen) atoms. The number of aryl methyl sites for hydroxylation is 1. The number of aromatic nitrogens is 1. The van der Waals surface area contributed by atoms with Crippen molar-refractivity contribution in [2.45, 2.75) is 44.9 Å². The molecule has 0 spiro atoms. The largest absolute Gasteiger partial charge is 0.465 e. The van der Waals surface area contributed by atoms with Crippen LogP contribution in [0.1, 0.15) is 37.6 Å². The van der Waals surface area contributed by atoms with Crippen molar-refractivity contribution < 1.29 is 19.1 Å². The maximum absolute atomic E-state index is 12.5. The molecule has 1 aromatic carbocycles. The molecule has 150 valence electrons. The van der Waals surface area contributed by atoms with E-state index in [2.05, 4.69) is 11.0 Å². The summed E-state index contributed by atoms with van der Waals surface area (Å²) < 4.78 is 12.4. The summed E-state index contributed by atoms with van der Waals surface area (Å²) in [5.74, 6) is -0.328. The third-order valence-corrected chi connectivity index (χ3v) is 5.54. The molecular formula is C21H27N3O4. The molecule has 4 heterocycles. The van der Waals surface area contributed by atoms with Crippen LogP contribution in [-0.4, -0.2) is 59.4 Å². The van der Waals surface area contributed by atoms with Gasteiger partial charge >= 0.3 is 12.1 Å². The number of methoxy groups -OCH3 is 1. The SMILES string of the molecule is COC(=O)c1cn(C)c2cc(N3CC4CC(C3)N4C(=O)OC(C)(C)C)ccc12. The van der Waals surface area contributed by atoms with Gasteiger partial charge in [-0.15, -0.1) is 0 Å². The van der Waals surface area contributed by atoms with E-state index in [1.807, 2.05) is 49.4 Å². The minimum atomic E-state index is -0.477. The molecule has 1 aromatic heterocycles. The molecule has 2 unspecified atom stereocenters. The summed E-state index contributed by atoms with van der Waals surface area (Å²) in [6, 6.07) is 6.48. The summed E-state index contributed by atoms with van der Waals surface area (Å²) in [5, 5.41) is 0.885. The highest BCUT2D eigenvalue weighted by Crippen LogP contribution is 2.37. The number of piperazine rings is 1. The smallest absolute Gasteiger partial charge is 0.410 e. The molecule has 2 atom stereocenters. The van der Waals surface area contributed by atoms with Gasteiger partial charge < -0.3 is 18.9 Å². The van der Waals surface area contributed by atoms with Gasteiger partial charge in [0.15, 0.2) is 0 Å². The van der Waals surface area contributed by atoms with Crippen LogP contribution in [0.3, 0.4) is 0 Å². The highest BCUT2D eigenvalue weighted by Gasteiger charge is 2.48. The number of fused-ring (bicyclic) bond motifs is 3. The topological polar surface area (TPSA) is 64.0 Å². The minimum absolute atomic E-state index is 0.184. The average Bonchev–Trinajstić information content (AvgIpc) is 2.95. The Balaban J connectivity index is 1.53. The summed E-state index contributed by atoms with van der Waals surface area (Å²) in [5.41, 5.74) is 2.18. The number of carbonyl (C=O) groups is 2. The third kappa shape index (κ3) is 3.08. The van der Waals surface area contributed by atoms with Gasteiger partial charge in [0.2, 0.25) is 0 Å². The number of rotatable bonds is 2. The molecule has 3 aliphatic heterocycles. The van der Waals surface area contributed by atoms with E-state index < -0.39 is 5.60 Å². The fourth-order valence-electron chi connectivity index (χ4n) is 4.27. The van der Waals surface area contributed by atoms with Gasteiger partial charge in [-0.2, -0.15) is 0 Å². The monoisotopic (exact) mass is 385 g/mol. The van der Waals surface area contributed by atoms with Crippen LogP contribution in [0.4, 0.5) is 10.5 Å². The highest BCUT2D eigenvalue weighted by atomic mass is 16.6. The maximum Gasteiger partial charge on any atom is 0.410 e. The van der Waals surface area contributed by atoms with E-state index in [0.29, 0.717) is 5.56 Å². The average molecular weight is 385 g/mol. The number of hydrogen-bond acceptors (Lipinski definition) is 5. The molecule has 1 amide bonds. The minimum Gasteiger partial charge on any atom is -0.465 e. The summed E-state index contributed by atoms with van der Waals surface area (Å²) in [4.78, 5) is 28.6. The van der Waals surface area contributed by atoms with Crippen molar-refractivity contribution in [3.05, 3.63) is 30.0 Å². The molecular weight excluding hydrogens is 358 g/mol. The van der Waals surface area contributed by atoms with Gasteiger partial charge in [0.25, 0.3) is 0 Å². The third-order valence-electron chi connectivity index (χ3n) is 5.54. The first-order valence-corrected chi connectivity index (χ1v) is 9.61. The van der Waals surface area contributed by atoms with Crippen LogP contribution in [0, 0.1) is 0 Å². The number of ether oxygens (including phenoxy) is 2. The Labute approximate surface area is 164 Å². The second kappa shape index (κ2) is 6.43. The molecule has 0 radical (unpaired) electrons. The van der Waals surface area contributed by atoms with Gasteiger partial charge in [0, 0.05) is 37.4 Å². The Hall–Kier alpha value is -2.70. The molecule has 7 heteroatoms. The van der Waals surface area contributed by atoms with Crippen LogP contribution >= 0.6 is 0 Å². The fourth-order valence-corrected chi connectivity index (χ4v) is 4.27. The van der Waals surface area contributed by atoms with Gasteiger partial charge in [-0.25, -0.2) is 9.59 Å². The van der Waals surface area contributed by atoms with E-state index in [9.17, 15) is 9.59 Å². The number of anilines is 1. The molecule has 0 N–H and O–H groups in total. The van der Waals surface area contributed by atoms with E-state index in [0.717, 1.165) is 36.1 Å². The van der Waals surface area contributed by atoms with Crippen molar-refractivity contribution in [3.63, 3.8) is 0 Å². The molecule has 0 saturated carbocycles. The number of benzene rings is 1. The predicted octanol–water partition coefficient (Wildman–Crippen LogP) is 3.16. The maximum atomic E-state index is 12.5. The Morgan fingerprint density at radius 1 is 1.14 bits per heavy atom. The van der Waals surface area contributed by atoms with Crippen LogP contribution in [0.15, 0.2) is 24.4 Å². The molecule has 2 aromatic rings. The molecule has 3 saturated heterocycles. The van der Waals surface area contributed by atoms with Crippen LogP contribution in [-0.2, 0) is 16.5 Å². The lowest BCUT2D eigenvalue weighted by atomic mass is 9.87. The van der Waals surface area contributed by atoms with Crippen LogP contribution in [0.2, 0.25) is 0 Å². The van der Waals surface area contributed by atoms with Crippen molar-refractivity contribution in [1.82, 2.24) is 9.47 Å². The zero-order valence-corrected chi connectivity index (χ0v) is 17.1. The van der Waals surface area contributed by atoms with Crippen molar-refractivity contribution in [1.29, 1.82) is 0 Å². The summed E-state index contributed by atoms with van der Waals surface area (Å²) in [6.07, 6.45) is 2.61. The van der Waals surface area contributed by atoms with Gasteiger partial charge in [0.05, 0.1) is 30.3 Å². The van der Waals surface area contributed by atoms with E-state index in [1.165, 1.54) is 7.11 Å². The molecule has 0 aliphatic carbocycles. The van der Waals surface area contributed by atoms with E-state index in [4.69, 9.17) is 9.47 Å². The van der Waals surface area contributed by atoms with Crippen LogP contribution in [0.25, 0.3) is 10.9 Å². The first-order chi connectivity index (χ1) is 13.2. The quantitative estimate of drug-likeness (QED) is 0.743. The summed E-state index contributed by atoms with van der Waals surface area (Å²) in [6.45, 7) is 7.25. The standard InChI is InChI=1S/C21H27N3O4/c1-21(2,3)28-20(26)24-14-8-15(24)11-23(10-14)13-6-7-16-17(19(25)27-5)12-22(4)18(16)9-13/h6-7,9,12,14-15H,8,10-11H2,1-5H3.